The van der Waals surface area contributed by atoms with Crippen molar-refractivity contribution >= 4 is 28.3 Å². The summed E-state index contributed by atoms with van der Waals surface area (Å²) in [6.45, 7) is 1.18. The number of carbonyl (C=O) groups is 1. The SMILES string of the molecule is NCc1ccc(Cn2ccsc2=NC(=O)c2c[nH]c3ncccc23)cc1. The van der Waals surface area contributed by atoms with Crippen LogP contribution in [0.15, 0.2) is 65.4 Å². The molecular formula is C19H17N5OS. The van der Waals surface area contributed by atoms with Crippen LogP contribution in [0.1, 0.15) is 21.5 Å². The zero-order chi connectivity index (χ0) is 17.9. The summed E-state index contributed by atoms with van der Waals surface area (Å²) in [4.78, 5) is 24.8. The van der Waals surface area contributed by atoms with Crippen LogP contribution in [-0.4, -0.2) is 20.4 Å². The van der Waals surface area contributed by atoms with Gasteiger partial charge in [0.05, 0.1) is 5.56 Å². The van der Waals surface area contributed by atoms with E-state index in [2.05, 4.69) is 15.0 Å². The number of nitrogens with zero attached hydrogens (tertiary/aromatic N) is 3. The van der Waals surface area contributed by atoms with Gasteiger partial charge in [0.2, 0.25) is 0 Å². The van der Waals surface area contributed by atoms with Gasteiger partial charge in [0.25, 0.3) is 5.91 Å². The van der Waals surface area contributed by atoms with E-state index in [1.165, 1.54) is 11.3 Å². The first-order chi connectivity index (χ1) is 12.7. The second-order valence-corrected chi connectivity index (χ2v) is 6.73. The van der Waals surface area contributed by atoms with Crippen LogP contribution in [0.3, 0.4) is 0 Å². The molecule has 130 valence electrons. The van der Waals surface area contributed by atoms with Gasteiger partial charge < -0.3 is 15.3 Å². The summed E-state index contributed by atoms with van der Waals surface area (Å²) in [5.74, 6) is -0.279. The Kier molecular flexibility index (Phi) is 4.47. The molecule has 3 aromatic heterocycles. The maximum atomic E-state index is 12.6. The molecule has 0 radical (unpaired) electrons. The molecule has 0 saturated heterocycles. The number of benzene rings is 1. The summed E-state index contributed by atoms with van der Waals surface area (Å²) in [6, 6.07) is 11.8. The Labute approximate surface area is 153 Å². The number of hydrogen-bond donors (Lipinski definition) is 2. The minimum Gasteiger partial charge on any atom is -0.345 e. The molecule has 0 aliphatic heterocycles. The van der Waals surface area contributed by atoms with E-state index >= 15 is 0 Å². The lowest BCUT2D eigenvalue weighted by Crippen LogP contribution is -2.17. The maximum Gasteiger partial charge on any atom is 0.281 e. The van der Waals surface area contributed by atoms with Gasteiger partial charge in [-0.15, -0.1) is 11.3 Å². The van der Waals surface area contributed by atoms with Gasteiger partial charge >= 0.3 is 0 Å². The van der Waals surface area contributed by atoms with E-state index < -0.39 is 0 Å². The lowest BCUT2D eigenvalue weighted by atomic mass is 10.1. The quantitative estimate of drug-likeness (QED) is 0.584. The van der Waals surface area contributed by atoms with E-state index in [4.69, 9.17) is 5.73 Å². The number of carbonyl (C=O) groups excluding carboxylic acids is 1. The predicted molar refractivity (Wildman–Crippen MR) is 102 cm³/mol. The molecule has 4 aromatic rings. The first-order valence-electron chi connectivity index (χ1n) is 8.17. The van der Waals surface area contributed by atoms with E-state index in [9.17, 15) is 4.79 Å². The lowest BCUT2D eigenvalue weighted by molar-refractivity contribution is 0.0999. The van der Waals surface area contributed by atoms with Crippen LogP contribution >= 0.6 is 11.3 Å². The summed E-state index contributed by atoms with van der Waals surface area (Å²) >= 11 is 1.44. The zero-order valence-corrected chi connectivity index (χ0v) is 14.7. The molecule has 0 spiro atoms. The molecule has 26 heavy (non-hydrogen) atoms. The minimum atomic E-state index is -0.279. The average Bonchev–Trinajstić information content (AvgIpc) is 3.29. The Morgan fingerprint density at radius 1 is 1.23 bits per heavy atom. The monoisotopic (exact) mass is 363 g/mol. The fraction of sp³-hybridized carbons (Fsp3) is 0.105. The van der Waals surface area contributed by atoms with Crippen molar-refractivity contribution < 1.29 is 4.79 Å². The fourth-order valence-corrected chi connectivity index (χ4v) is 3.49. The van der Waals surface area contributed by atoms with Gasteiger partial charge in [-0.25, -0.2) is 4.98 Å². The number of aromatic nitrogens is 3. The molecule has 7 heteroatoms. The number of pyridine rings is 1. The first kappa shape index (κ1) is 16.4. The van der Waals surface area contributed by atoms with Crippen molar-refractivity contribution in [3.05, 3.63) is 81.9 Å². The van der Waals surface area contributed by atoms with Gasteiger partial charge in [-0.05, 0) is 23.3 Å². The second kappa shape index (κ2) is 7.07. The van der Waals surface area contributed by atoms with E-state index in [0.29, 0.717) is 29.1 Å². The van der Waals surface area contributed by atoms with Crippen LogP contribution in [0.25, 0.3) is 11.0 Å². The number of H-pyrrole nitrogens is 1. The Bertz CT molecular complexity index is 1120. The van der Waals surface area contributed by atoms with Gasteiger partial charge in [0, 0.05) is 42.4 Å². The van der Waals surface area contributed by atoms with E-state index in [0.717, 1.165) is 16.5 Å². The summed E-state index contributed by atoms with van der Waals surface area (Å²) in [5.41, 5.74) is 9.08. The number of amides is 1. The standard InChI is InChI=1S/C19H17N5OS/c20-10-13-3-5-14(6-4-13)12-24-8-9-26-19(24)23-18(25)16-11-22-17-15(16)2-1-7-21-17/h1-9,11H,10,12,20H2,(H,21,22). The van der Waals surface area contributed by atoms with Crippen molar-refractivity contribution in [3.63, 3.8) is 0 Å². The highest BCUT2D eigenvalue weighted by atomic mass is 32.1. The van der Waals surface area contributed by atoms with Crippen molar-refractivity contribution in [2.45, 2.75) is 13.1 Å². The Morgan fingerprint density at radius 3 is 2.85 bits per heavy atom. The summed E-state index contributed by atoms with van der Waals surface area (Å²) in [7, 11) is 0. The summed E-state index contributed by atoms with van der Waals surface area (Å²) in [5, 5.41) is 2.71. The Hall–Kier alpha value is -3.03. The molecule has 0 atom stereocenters. The van der Waals surface area contributed by atoms with Gasteiger partial charge in [-0.1, -0.05) is 24.3 Å². The van der Waals surface area contributed by atoms with Crippen molar-refractivity contribution in [2.24, 2.45) is 10.7 Å². The smallest absolute Gasteiger partial charge is 0.281 e. The number of aromatic amines is 1. The summed E-state index contributed by atoms with van der Waals surface area (Å²) < 4.78 is 1.97. The van der Waals surface area contributed by atoms with E-state index in [1.54, 1.807) is 12.4 Å². The molecular weight excluding hydrogens is 346 g/mol. The third-order valence-corrected chi connectivity index (χ3v) is 4.94. The molecule has 0 aliphatic rings. The van der Waals surface area contributed by atoms with Crippen molar-refractivity contribution in [2.75, 3.05) is 0 Å². The molecule has 1 amide bonds. The fourth-order valence-electron chi connectivity index (χ4n) is 2.76. The molecule has 0 fully saturated rings. The van der Waals surface area contributed by atoms with Crippen molar-refractivity contribution in [1.82, 2.24) is 14.5 Å². The van der Waals surface area contributed by atoms with Gasteiger partial charge in [-0.2, -0.15) is 4.99 Å². The predicted octanol–water partition coefficient (Wildman–Crippen LogP) is 2.67. The normalized spacial score (nSPS) is 12.0. The van der Waals surface area contributed by atoms with E-state index in [1.807, 2.05) is 52.5 Å². The number of thiazole rings is 1. The average molecular weight is 363 g/mol. The third-order valence-electron chi connectivity index (χ3n) is 4.15. The molecule has 0 unspecified atom stereocenters. The molecule has 0 bridgehead atoms. The third kappa shape index (κ3) is 3.22. The van der Waals surface area contributed by atoms with Crippen LogP contribution in [0.4, 0.5) is 0 Å². The van der Waals surface area contributed by atoms with Gasteiger partial charge in [0.15, 0.2) is 4.80 Å². The van der Waals surface area contributed by atoms with Crippen molar-refractivity contribution in [1.29, 1.82) is 0 Å². The Balaban J connectivity index is 1.64. The number of nitrogens with two attached hydrogens (primary N) is 1. The van der Waals surface area contributed by atoms with E-state index in [-0.39, 0.29) is 5.91 Å². The van der Waals surface area contributed by atoms with Crippen molar-refractivity contribution in [3.8, 4) is 0 Å². The van der Waals surface area contributed by atoms with Crippen LogP contribution in [0.2, 0.25) is 0 Å². The molecule has 4 rings (SSSR count). The molecule has 6 nitrogen and oxygen atoms in total. The Morgan fingerprint density at radius 2 is 2.04 bits per heavy atom. The number of hydrogen-bond acceptors (Lipinski definition) is 4. The maximum absolute atomic E-state index is 12.6. The van der Waals surface area contributed by atoms with Gasteiger partial charge in [0.1, 0.15) is 5.65 Å². The highest BCUT2D eigenvalue weighted by molar-refractivity contribution is 7.07. The van der Waals surface area contributed by atoms with Crippen LogP contribution in [0, 0.1) is 0 Å². The summed E-state index contributed by atoms with van der Waals surface area (Å²) in [6.07, 6.45) is 5.28. The molecule has 0 saturated carbocycles. The molecule has 0 aliphatic carbocycles. The highest BCUT2D eigenvalue weighted by Gasteiger charge is 2.12. The highest BCUT2D eigenvalue weighted by Crippen LogP contribution is 2.16. The topological polar surface area (TPSA) is 89.1 Å². The van der Waals surface area contributed by atoms with Crippen LogP contribution in [0.5, 0.6) is 0 Å². The first-order valence-corrected chi connectivity index (χ1v) is 9.05. The minimum absolute atomic E-state index is 0.279. The van der Waals surface area contributed by atoms with Crippen LogP contribution in [-0.2, 0) is 13.1 Å². The zero-order valence-electron chi connectivity index (χ0n) is 13.9. The number of fused-ring (bicyclic) bond motifs is 1. The number of nitrogens with one attached hydrogen (secondary N) is 1. The second-order valence-electron chi connectivity index (χ2n) is 5.85. The van der Waals surface area contributed by atoms with Crippen LogP contribution < -0.4 is 10.5 Å². The largest absolute Gasteiger partial charge is 0.345 e. The lowest BCUT2D eigenvalue weighted by Gasteiger charge is -2.04. The van der Waals surface area contributed by atoms with Gasteiger partial charge in [-0.3, -0.25) is 4.79 Å². The number of rotatable bonds is 4. The molecule has 1 aromatic carbocycles. The molecule has 3 heterocycles. The molecule has 3 N–H and O–H groups in total.